The van der Waals surface area contributed by atoms with Gasteiger partial charge >= 0.3 is 0 Å². The van der Waals surface area contributed by atoms with Gasteiger partial charge in [0.05, 0.1) is 25.5 Å². The fraction of sp³-hybridized carbons (Fsp3) is 0.167. The van der Waals surface area contributed by atoms with Gasteiger partial charge in [-0.15, -0.1) is 10.2 Å². The van der Waals surface area contributed by atoms with Crippen molar-refractivity contribution in [3.05, 3.63) is 48.0 Å². The summed E-state index contributed by atoms with van der Waals surface area (Å²) in [7, 11) is 3.23. The number of thioether (sulfide) groups is 1. The van der Waals surface area contributed by atoms with E-state index >= 15 is 0 Å². The van der Waals surface area contributed by atoms with Crippen molar-refractivity contribution < 1.29 is 14.6 Å². The Balaban J connectivity index is 1.81. The van der Waals surface area contributed by atoms with Gasteiger partial charge in [-0.25, -0.2) is 0 Å². The minimum absolute atomic E-state index is 0.136. The minimum atomic E-state index is 0.136. The van der Waals surface area contributed by atoms with Crippen LogP contribution in [0.5, 0.6) is 17.2 Å². The number of nitrogens with zero attached hydrogens (tertiary/aromatic N) is 4. The maximum Gasteiger partial charge on any atom is 0.212 e. The van der Waals surface area contributed by atoms with Crippen LogP contribution in [0.1, 0.15) is 5.56 Å². The molecule has 2 aromatic carbocycles. The molecule has 132 valence electrons. The number of fused-ring (bicyclic) bond motifs is 1. The lowest BCUT2D eigenvalue weighted by Crippen LogP contribution is -2.14. The van der Waals surface area contributed by atoms with Crippen LogP contribution in [0.3, 0.4) is 0 Å². The van der Waals surface area contributed by atoms with Crippen LogP contribution in [-0.4, -0.2) is 45.7 Å². The van der Waals surface area contributed by atoms with E-state index in [1.807, 2.05) is 24.3 Å². The lowest BCUT2D eigenvalue weighted by atomic mass is 10.1. The van der Waals surface area contributed by atoms with E-state index in [4.69, 9.17) is 14.6 Å². The number of benzene rings is 2. The SMILES string of the molecule is COc1ccc(C2=Nn3c(nnc3-c3ccccc3O)SC2)c(OC)c1. The largest absolute Gasteiger partial charge is 0.507 e. The van der Waals surface area contributed by atoms with Crippen molar-refractivity contribution in [2.75, 3.05) is 20.0 Å². The molecule has 4 rings (SSSR count). The normalized spacial score (nSPS) is 13.1. The van der Waals surface area contributed by atoms with E-state index in [2.05, 4.69) is 10.2 Å². The van der Waals surface area contributed by atoms with Crippen molar-refractivity contribution >= 4 is 17.5 Å². The summed E-state index contributed by atoms with van der Waals surface area (Å²) < 4.78 is 12.4. The van der Waals surface area contributed by atoms with Gasteiger partial charge in [0, 0.05) is 17.4 Å². The van der Waals surface area contributed by atoms with Gasteiger partial charge in [0.15, 0.2) is 5.82 Å². The fourth-order valence-electron chi connectivity index (χ4n) is 2.73. The first-order valence-corrected chi connectivity index (χ1v) is 8.86. The molecule has 1 aromatic heterocycles. The van der Waals surface area contributed by atoms with E-state index < -0.39 is 0 Å². The van der Waals surface area contributed by atoms with Crippen molar-refractivity contribution in [1.29, 1.82) is 0 Å². The van der Waals surface area contributed by atoms with E-state index in [9.17, 15) is 5.11 Å². The smallest absolute Gasteiger partial charge is 0.212 e. The van der Waals surface area contributed by atoms with Crippen LogP contribution >= 0.6 is 11.8 Å². The predicted molar refractivity (Wildman–Crippen MR) is 99.3 cm³/mol. The Kier molecular flexibility index (Phi) is 4.26. The van der Waals surface area contributed by atoms with Gasteiger partial charge in [-0.3, -0.25) is 0 Å². The van der Waals surface area contributed by atoms with Gasteiger partial charge < -0.3 is 14.6 Å². The van der Waals surface area contributed by atoms with Crippen LogP contribution in [0.15, 0.2) is 52.7 Å². The fourth-order valence-corrected chi connectivity index (χ4v) is 3.55. The molecule has 26 heavy (non-hydrogen) atoms. The van der Waals surface area contributed by atoms with Crippen molar-refractivity contribution in [2.24, 2.45) is 5.10 Å². The Morgan fingerprint density at radius 1 is 1.04 bits per heavy atom. The molecule has 1 N–H and O–H groups in total. The van der Waals surface area contributed by atoms with Crippen LogP contribution in [0.4, 0.5) is 0 Å². The van der Waals surface area contributed by atoms with E-state index in [1.54, 1.807) is 37.1 Å². The number of phenolic OH excluding ortho intramolecular Hbond substituents is 1. The molecule has 8 heteroatoms. The molecule has 0 unspecified atom stereocenters. The second-order valence-electron chi connectivity index (χ2n) is 5.54. The van der Waals surface area contributed by atoms with E-state index in [0.717, 1.165) is 17.0 Å². The molecule has 1 aliphatic heterocycles. The van der Waals surface area contributed by atoms with Gasteiger partial charge in [0.2, 0.25) is 5.16 Å². The zero-order valence-electron chi connectivity index (χ0n) is 14.2. The van der Waals surface area contributed by atoms with Gasteiger partial charge in [0.25, 0.3) is 0 Å². The molecule has 3 aromatic rings. The lowest BCUT2D eigenvalue weighted by Gasteiger charge is -2.16. The number of phenols is 1. The van der Waals surface area contributed by atoms with Crippen LogP contribution < -0.4 is 9.47 Å². The summed E-state index contributed by atoms with van der Waals surface area (Å²) in [6, 6.07) is 12.6. The number of hydrogen-bond acceptors (Lipinski definition) is 7. The molecule has 0 bridgehead atoms. The van der Waals surface area contributed by atoms with Crippen molar-refractivity contribution in [1.82, 2.24) is 14.9 Å². The topological polar surface area (TPSA) is 81.8 Å². The number of rotatable bonds is 4. The van der Waals surface area contributed by atoms with E-state index in [1.165, 1.54) is 11.8 Å². The van der Waals surface area contributed by atoms with Gasteiger partial charge in [-0.05, 0) is 24.3 Å². The highest BCUT2D eigenvalue weighted by Gasteiger charge is 2.23. The molecule has 0 amide bonds. The van der Waals surface area contributed by atoms with E-state index in [-0.39, 0.29) is 5.75 Å². The highest BCUT2D eigenvalue weighted by Crippen LogP contribution is 2.34. The van der Waals surface area contributed by atoms with E-state index in [0.29, 0.717) is 28.0 Å². The summed E-state index contributed by atoms with van der Waals surface area (Å²) in [6.07, 6.45) is 0. The first kappa shape index (κ1) is 16.5. The number of ether oxygens (including phenoxy) is 2. The summed E-state index contributed by atoms with van der Waals surface area (Å²) in [5.41, 5.74) is 2.29. The quantitative estimate of drug-likeness (QED) is 0.762. The zero-order valence-corrected chi connectivity index (χ0v) is 15.0. The molecule has 0 fully saturated rings. The summed E-state index contributed by atoms with van der Waals surface area (Å²) in [5, 5.41) is 23.9. The monoisotopic (exact) mass is 368 g/mol. The molecule has 0 saturated heterocycles. The van der Waals surface area contributed by atoms with Gasteiger partial charge in [0.1, 0.15) is 17.2 Å². The van der Waals surface area contributed by atoms with Crippen LogP contribution in [0, 0.1) is 0 Å². The summed E-state index contributed by atoms with van der Waals surface area (Å²) in [4.78, 5) is 0. The number of hydrogen-bond donors (Lipinski definition) is 1. The third-order valence-electron chi connectivity index (χ3n) is 4.04. The Hall–Kier alpha value is -3.00. The van der Waals surface area contributed by atoms with Crippen molar-refractivity contribution in [2.45, 2.75) is 5.16 Å². The standard InChI is InChI=1S/C18H16N4O3S/c1-24-11-7-8-12(16(9-11)25-2)14-10-26-18-20-19-17(22(18)21-14)13-5-3-4-6-15(13)23/h3-9,23H,10H2,1-2H3. The number of para-hydroxylation sites is 1. The Bertz CT molecular complexity index is 1000. The molecule has 1 aliphatic rings. The molecule has 0 spiro atoms. The average Bonchev–Trinajstić information content (AvgIpc) is 3.10. The second kappa shape index (κ2) is 6.72. The summed E-state index contributed by atoms with van der Waals surface area (Å²) in [5.74, 6) is 2.67. The zero-order chi connectivity index (χ0) is 18.1. The molecular weight excluding hydrogens is 352 g/mol. The Morgan fingerprint density at radius 2 is 1.88 bits per heavy atom. The van der Waals surface area contributed by atoms with Gasteiger partial charge in [-0.2, -0.15) is 9.78 Å². The van der Waals surface area contributed by atoms with Crippen LogP contribution in [0.2, 0.25) is 0 Å². The molecule has 2 heterocycles. The molecular formula is C18H16N4O3S. The Labute approximate surface area is 154 Å². The molecule has 0 saturated carbocycles. The average molecular weight is 368 g/mol. The summed E-state index contributed by atoms with van der Waals surface area (Å²) >= 11 is 1.53. The molecule has 7 nitrogen and oxygen atoms in total. The highest BCUT2D eigenvalue weighted by molar-refractivity contribution is 7.99. The molecule has 0 aliphatic carbocycles. The van der Waals surface area contributed by atoms with Crippen molar-refractivity contribution in [3.8, 4) is 28.6 Å². The summed E-state index contributed by atoms with van der Waals surface area (Å²) in [6.45, 7) is 0. The van der Waals surface area contributed by atoms with Crippen molar-refractivity contribution in [3.63, 3.8) is 0 Å². The van der Waals surface area contributed by atoms with Crippen LogP contribution in [-0.2, 0) is 0 Å². The number of aromatic nitrogens is 3. The van der Waals surface area contributed by atoms with Gasteiger partial charge in [-0.1, -0.05) is 23.9 Å². The Morgan fingerprint density at radius 3 is 2.65 bits per heavy atom. The first-order valence-electron chi connectivity index (χ1n) is 7.88. The minimum Gasteiger partial charge on any atom is -0.507 e. The highest BCUT2D eigenvalue weighted by atomic mass is 32.2. The maximum absolute atomic E-state index is 10.1. The lowest BCUT2D eigenvalue weighted by molar-refractivity contribution is 0.394. The number of aromatic hydroxyl groups is 1. The third kappa shape index (κ3) is 2.78. The van der Waals surface area contributed by atoms with Crippen LogP contribution in [0.25, 0.3) is 11.4 Å². The number of methoxy groups -OCH3 is 2. The molecule has 0 radical (unpaired) electrons. The third-order valence-corrected chi connectivity index (χ3v) is 4.97. The predicted octanol–water partition coefficient (Wildman–Crippen LogP) is 3.03. The molecule has 0 atom stereocenters. The second-order valence-corrected chi connectivity index (χ2v) is 6.48. The maximum atomic E-state index is 10.1. The first-order chi connectivity index (χ1) is 12.7.